The zero-order valence-corrected chi connectivity index (χ0v) is 18.0. The summed E-state index contributed by atoms with van der Waals surface area (Å²) in [7, 11) is 3.31. The molecule has 3 rings (SSSR count). The normalized spacial score (nSPS) is 10.9. The summed E-state index contributed by atoms with van der Waals surface area (Å²) in [6.45, 7) is 3.78. The molecule has 0 saturated carbocycles. The quantitative estimate of drug-likeness (QED) is 0.399. The number of aryl methyl sites for hydroxylation is 1. The van der Waals surface area contributed by atoms with Crippen LogP contribution in [0.4, 0.5) is 10.1 Å². The molecule has 0 amide bonds. The number of anilines is 1. The molecule has 1 heterocycles. The fourth-order valence-corrected chi connectivity index (χ4v) is 3.19. The van der Waals surface area contributed by atoms with Crippen molar-refractivity contribution < 1.29 is 23.7 Å². The highest BCUT2D eigenvalue weighted by atomic mass is 19.1. The summed E-state index contributed by atoms with van der Waals surface area (Å²) in [5.41, 5.74) is 2.23. The summed E-state index contributed by atoms with van der Waals surface area (Å²) in [4.78, 5) is 4.40. The summed E-state index contributed by atoms with van der Waals surface area (Å²) < 4.78 is 31.8. The number of halogens is 1. The van der Waals surface area contributed by atoms with Crippen LogP contribution < -0.4 is 24.8 Å². The van der Waals surface area contributed by atoms with Crippen LogP contribution in [0.2, 0.25) is 0 Å². The number of pyridine rings is 1. The summed E-state index contributed by atoms with van der Waals surface area (Å²) in [5, 5.41) is 15.5. The van der Waals surface area contributed by atoms with Gasteiger partial charge in [0.1, 0.15) is 5.75 Å². The van der Waals surface area contributed by atoms with Gasteiger partial charge in [-0.2, -0.15) is 0 Å². The van der Waals surface area contributed by atoms with Crippen molar-refractivity contribution >= 4 is 16.6 Å². The highest BCUT2D eigenvalue weighted by Gasteiger charge is 2.14. The third-order valence-corrected chi connectivity index (χ3v) is 4.80. The third kappa shape index (κ3) is 5.53. The average molecular weight is 429 g/mol. The first-order valence-corrected chi connectivity index (χ1v) is 10.1. The van der Waals surface area contributed by atoms with Gasteiger partial charge in [-0.05, 0) is 43.7 Å². The van der Waals surface area contributed by atoms with Gasteiger partial charge in [0.05, 0.1) is 25.8 Å². The standard InChI is InChI=1S/C23H28FN3O4/c1-15-11-21(17(24)13-18(15)25-2)31-20-5-7-27-19-14-23(22(29-3)12-16(19)20)30-10-4-6-26-8-9-28/h5,7,11-14,25-26,28H,4,6,8-10H2,1-3H3. The molecule has 0 aliphatic heterocycles. The first kappa shape index (κ1) is 22.6. The number of aliphatic hydroxyl groups excluding tert-OH is 1. The van der Waals surface area contributed by atoms with Crippen molar-refractivity contribution in [2.75, 3.05) is 45.8 Å². The molecular formula is C23H28FN3O4. The molecule has 8 heteroatoms. The Labute approximate surface area is 181 Å². The number of benzene rings is 2. The molecule has 0 atom stereocenters. The van der Waals surface area contributed by atoms with Crippen molar-refractivity contribution in [3.8, 4) is 23.0 Å². The van der Waals surface area contributed by atoms with Crippen LogP contribution in [0.1, 0.15) is 12.0 Å². The minimum Gasteiger partial charge on any atom is -0.493 e. The summed E-state index contributed by atoms with van der Waals surface area (Å²) >= 11 is 0. The third-order valence-electron chi connectivity index (χ3n) is 4.80. The predicted octanol–water partition coefficient (Wildman–Crippen LogP) is 3.88. The maximum absolute atomic E-state index is 14.5. The van der Waals surface area contributed by atoms with Crippen LogP contribution in [0.15, 0.2) is 36.5 Å². The monoisotopic (exact) mass is 429 g/mol. The van der Waals surface area contributed by atoms with Crippen molar-refractivity contribution in [2.45, 2.75) is 13.3 Å². The molecule has 31 heavy (non-hydrogen) atoms. The second-order valence-corrected chi connectivity index (χ2v) is 6.95. The van der Waals surface area contributed by atoms with Gasteiger partial charge < -0.3 is 30.0 Å². The van der Waals surface area contributed by atoms with E-state index >= 15 is 0 Å². The van der Waals surface area contributed by atoms with Crippen LogP contribution in [0.25, 0.3) is 10.9 Å². The second kappa shape index (κ2) is 10.8. The van der Waals surface area contributed by atoms with E-state index < -0.39 is 5.82 Å². The van der Waals surface area contributed by atoms with E-state index in [0.29, 0.717) is 47.0 Å². The van der Waals surface area contributed by atoms with E-state index in [9.17, 15) is 4.39 Å². The van der Waals surface area contributed by atoms with Crippen LogP contribution in [0.3, 0.4) is 0 Å². The zero-order chi connectivity index (χ0) is 22.2. The molecule has 0 aliphatic rings. The summed E-state index contributed by atoms with van der Waals surface area (Å²) in [6.07, 6.45) is 2.39. The minimum atomic E-state index is -0.457. The topological polar surface area (TPSA) is 84.9 Å². The van der Waals surface area contributed by atoms with Gasteiger partial charge >= 0.3 is 0 Å². The lowest BCUT2D eigenvalue weighted by molar-refractivity contribution is 0.275. The van der Waals surface area contributed by atoms with Gasteiger partial charge in [0.15, 0.2) is 23.1 Å². The first-order valence-electron chi connectivity index (χ1n) is 10.1. The zero-order valence-electron chi connectivity index (χ0n) is 18.0. The maximum Gasteiger partial charge on any atom is 0.167 e. The number of aliphatic hydroxyl groups is 1. The lowest BCUT2D eigenvalue weighted by Gasteiger charge is -2.15. The first-order chi connectivity index (χ1) is 15.1. The Balaban J connectivity index is 1.83. The van der Waals surface area contributed by atoms with E-state index in [2.05, 4.69) is 15.6 Å². The number of fused-ring (bicyclic) bond motifs is 1. The van der Waals surface area contributed by atoms with Gasteiger partial charge in [-0.25, -0.2) is 4.39 Å². The molecule has 0 unspecified atom stereocenters. The molecule has 1 aromatic heterocycles. The molecule has 3 N–H and O–H groups in total. The number of hydrogen-bond donors (Lipinski definition) is 3. The molecule has 0 aliphatic carbocycles. The Bertz CT molecular complexity index is 1030. The van der Waals surface area contributed by atoms with Crippen molar-refractivity contribution in [3.05, 3.63) is 47.9 Å². The van der Waals surface area contributed by atoms with Gasteiger partial charge in [0.25, 0.3) is 0 Å². The Morgan fingerprint density at radius 1 is 1.06 bits per heavy atom. The number of aromatic nitrogens is 1. The summed E-state index contributed by atoms with van der Waals surface area (Å²) in [6, 6.07) is 8.33. The van der Waals surface area contributed by atoms with E-state index in [1.807, 2.05) is 6.92 Å². The van der Waals surface area contributed by atoms with E-state index in [0.717, 1.165) is 18.5 Å². The molecule has 166 valence electrons. The maximum atomic E-state index is 14.5. The SMILES string of the molecule is CNc1cc(F)c(Oc2ccnc3cc(OCCCNCCO)c(OC)cc23)cc1C. The molecule has 0 saturated heterocycles. The van der Waals surface area contributed by atoms with E-state index in [1.54, 1.807) is 44.6 Å². The smallest absolute Gasteiger partial charge is 0.167 e. The fourth-order valence-electron chi connectivity index (χ4n) is 3.19. The summed E-state index contributed by atoms with van der Waals surface area (Å²) in [5.74, 6) is 1.26. The van der Waals surface area contributed by atoms with Gasteiger partial charge in [-0.1, -0.05) is 0 Å². The van der Waals surface area contributed by atoms with E-state index in [1.165, 1.54) is 6.07 Å². The van der Waals surface area contributed by atoms with Crippen molar-refractivity contribution in [1.29, 1.82) is 0 Å². The molecule has 0 radical (unpaired) electrons. The van der Waals surface area contributed by atoms with Crippen molar-refractivity contribution in [3.63, 3.8) is 0 Å². The number of rotatable bonds is 11. The molecular weight excluding hydrogens is 401 g/mol. The Kier molecular flexibility index (Phi) is 7.86. The highest BCUT2D eigenvalue weighted by Crippen LogP contribution is 2.38. The van der Waals surface area contributed by atoms with Crippen LogP contribution in [-0.4, -0.2) is 50.6 Å². The second-order valence-electron chi connectivity index (χ2n) is 6.95. The van der Waals surface area contributed by atoms with E-state index in [4.69, 9.17) is 19.3 Å². The highest BCUT2D eigenvalue weighted by molar-refractivity contribution is 5.88. The number of methoxy groups -OCH3 is 1. The van der Waals surface area contributed by atoms with Crippen LogP contribution in [0, 0.1) is 12.7 Å². The average Bonchev–Trinajstić information content (AvgIpc) is 2.78. The largest absolute Gasteiger partial charge is 0.493 e. The van der Waals surface area contributed by atoms with Gasteiger partial charge in [0, 0.05) is 43.0 Å². The van der Waals surface area contributed by atoms with Crippen LogP contribution >= 0.6 is 0 Å². The van der Waals surface area contributed by atoms with Crippen molar-refractivity contribution in [1.82, 2.24) is 10.3 Å². The van der Waals surface area contributed by atoms with Gasteiger partial charge in [0.2, 0.25) is 0 Å². The van der Waals surface area contributed by atoms with Gasteiger partial charge in [-0.15, -0.1) is 0 Å². The van der Waals surface area contributed by atoms with Crippen LogP contribution in [-0.2, 0) is 0 Å². The Hall–Kier alpha value is -3.10. The number of hydrogen-bond acceptors (Lipinski definition) is 7. The molecule has 7 nitrogen and oxygen atoms in total. The van der Waals surface area contributed by atoms with Gasteiger partial charge in [-0.3, -0.25) is 4.98 Å². The fraction of sp³-hybridized carbons (Fsp3) is 0.348. The molecule has 2 aromatic carbocycles. The van der Waals surface area contributed by atoms with Crippen molar-refractivity contribution in [2.24, 2.45) is 0 Å². The minimum absolute atomic E-state index is 0.110. The van der Waals surface area contributed by atoms with Crippen LogP contribution in [0.5, 0.6) is 23.0 Å². The Morgan fingerprint density at radius 2 is 1.90 bits per heavy atom. The lowest BCUT2D eigenvalue weighted by Crippen LogP contribution is -2.20. The molecule has 0 spiro atoms. The molecule has 0 bridgehead atoms. The Morgan fingerprint density at radius 3 is 2.65 bits per heavy atom. The number of nitrogens with zero attached hydrogens (tertiary/aromatic N) is 1. The predicted molar refractivity (Wildman–Crippen MR) is 119 cm³/mol. The molecule has 3 aromatic rings. The molecule has 0 fully saturated rings. The number of ether oxygens (including phenoxy) is 3. The lowest BCUT2D eigenvalue weighted by atomic mass is 10.1. The van der Waals surface area contributed by atoms with E-state index in [-0.39, 0.29) is 12.4 Å². The number of nitrogens with one attached hydrogen (secondary N) is 2.